The Morgan fingerprint density at radius 2 is 1.74 bits per heavy atom. The molecular weight excluding hydrogens is 282 g/mol. The molecule has 0 amide bonds. The van der Waals surface area contributed by atoms with Gasteiger partial charge in [-0.25, -0.2) is 8.42 Å². The van der Waals surface area contributed by atoms with Crippen LogP contribution in [0.3, 0.4) is 0 Å². The van der Waals surface area contributed by atoms with Gasteiger partial charge in [0.25, 0.3) is 0 Å². The highest BCUT2D eigenvalue weighted by molar-refractivity contribution is 7.89. The average molecular weight is 304 g/mol. The summed E-state index contributed by atoms with van der Waals surface area (Å²) in [6.45, 7) is 6.91. The van der Waals surface area contributed by atoms with Crippen LogP contribution in [0, 0.1) is 6.92 Å². The zero-order chi connectivity index (χ0) is 14.5. The predicted molar refractivity (Wildman–Crippen MR) is 80.1 cm³/mol. The molecule has 0 aliphatic carbocycles. The zero-order valence-corrected chi connectivity index (χ0v) is 13.4. The number of hydrogen-bond donors (Lipinski definition) is 0. The summed E-state index contributed by atoms with van der Waals surface area (Å²) in [6.07, 6.45) is 1.63. The van der Waals surface area contributed by atoms with E-state index in [1.165, 1.54) is 0 Å². The molecule has 0 atom stereocenters. The fourth-order valence-electron chi connectivity index (χ4n) is 2.07. The smallest absolute Gasteiger partial charge is 0.207 e. The van der Waals surface area contributed by atoms with Crippen LogP contribution in [-0.2, 0) is 15.9 Å². The second-order valence-electron chi connectivity index (χ2n) is 4.58. The van der Waals surface area contributed by atoms with Crippen LogP contribution in [-0.4, -0.2) is 25.8 Å². The minimum Gasteiger partial charge on any atom is -0.207 e. The summed E-state index contributed by atoms with van der Waals surface area (Å²) in [6, 6.07) is 5.29. The number of benzene rings is 1. The molecule has 0 fully saturated rings. The first-order valence-electron chi connectivity index (χ1n) is 6.63. The minimum absolute atomic E-state index is 0.330. The van der Waals surface area contributed by atoms with Crippen LogP contribution in [0.1, 0.15) is 37.8 Å². The third-order valence-electron chi connectivity index (χ3n) is 3.10. The van der Waals surface area contributed by atoms with Crippen molar-refractivity contribution in [1.29, 1.82) is 0 Å². The number of halogens is 1. The molecule has 1 aromatic rings. The van der Waals surface area contributed by atoms with E-state index in [1.807, 2.05) is 26.8 Å². The van der Waals surface area contributed by atoms with Crippen LogP contribution in [0.15, 0.2) is 23.1 Å². The summed E-state index contributed by atoms with van der Waals surface area (Å²) in [5.74, 6) is 0.330. The first-order chi connectivity index (χ1) is 8.98. The van der Waals surface area contributed by atoms with Crippen molar-refractivity contribution >= 4 is 21.6 Å². The minimum atomic E-state index is -3.41. The molecule has 0 aliphatic heterocycles. The molecule has 0 spiro atoms. The van der Waals surface area contributed by atoms with Crippen molar-refractivity contribution in [3.8, 4) is 0 Å². The van der Waals surface area contributed by atoms with E-state index in [0.717, 1.165) is 24.0 Å². The van der Waals surface area contributed by atoms with E-state index < -0.39 is 10.0 Å². The summed E-state index contributed by atoms with van der Waals surface area (Å²) in [5, 5.41) is 0. The number of alkyl halides is 1. The summed E-state index contributed by atoms with van der Waals surface area (Å²) in [5.41, 5.74) is 1.63. The lowest BCUT2D eigenvalue weighted by Gasteiger charge is -2.22. The largest absolute Gasteiger partial charge is 0.243 e. The van der Waals surface area contributed by atoms with Crippen LogP contribution >= 0.6 is 11.6 Å². The summed E-state index contributed by atoms with van der Waals surface area (Å²) in [4.78, 5) is 0.382. The predicted octanol–water partition coefficient (Wildman–Crippen LogP) is 3.54. The van der Waals surface area contributed by atoms with Gasteiger partial charge in [-0.1, -0.05) is 26.0 Å². The lowest BCUT2D eigenvalue weighted by Crippen LogP contribution is -2.33. The van der Waals surface area contributed by atoms with Crippen molar-refractivity contribution in [3.05, 3.63) is 29.3 Å². The second-order valence-corrected chi connectivity index (χ2v) is 6.75. The van der Waals surface area contributed by atoms with Gasteiger partial charge in [0.1, 0.15) is 0 Å². The molecule has 0 N–H and O–H groups in total. The molecule has 3 nitrogen and oxygen atoms in total. The quantitative estimate of drug-likeness (QED) is 0.722. The van der Waals surface area contributed by atoms with E-state index in [2.05, 4.69) is 0 Å². The molecule has 108 valence electrons. The van der Waals surface area contributed by atoms with Crippen LogP contribution in [0.5, 0.6) is 0 Å². The van der Waals surface area contributed by atoms with E-state index >= 15 is 0 Å². The van der Waals surface area contributed by atoms with Gasteiger partial charge in [0.15, 0.2) is 0 Å². The van der Waals surface area contributed by atoms with Gasteiger partial charge in [-0.15, -0.1) is 11.6 Å². The molecule has 0 aliphatic rings. The molecule has 0 saturated heterocycles. The van der Waals surface area contributed by atoms with Crippen molar-refractivity contribution in [2.24, 2.45) is 0 Å². The lowest BCUT2D eigenvalue weighted by molar-refractivity contribution is 0.409. The first-order valence-corrected chi connectivity index (χ1v) is 8.61. The standard InChI is InChI=1S/C14H22ClNO2S/c1-4-9-16(10-5-2)19(17,18)14-8-6-7-13(11-15)12(14)3/h6-8H,4-5,9-11H2,1-3H3. The maximum atomic E-state index is 12.7. The van der Waals surface area contributed by atoms with Crippen LogP contribution in [0.4, 0.5) is 0 Å². The molecule has 0 unspecified atom stereocenters. The summed E-state index contributed by atoms with van der Waals surface area (Å²) < 4.78 is 26.9. The summed E-state index contributed by atoms with van der Waals surface area (Å²) >= 11 is 5.85. The van der Waals surface area contributed by atoms with Crippen molar-refractivity contribution in [3.63, 3.8) is 0 Å². The highest BCUT2D eigenvalue weighted by Crippen LogP contribution is 2.24. The molecule has 0 aromatic heterocycles. The fraction of sp³-hybridized carbons (Fsp3) is 0.571. The Morgan fingerprint density at radius 1 is 1.16 bits per heavy atom. The van der Waals surface area contributed by atoms with E-state index in [1.54, 1.807) is 16.4 Å². The fourth-order valence-corrected chi connectivity index (χ4v) is 4.26. The monoisotopic (exact) mass is 303 g/mol. The number of hydrogen-bond acceptors (Lipinski definition) is 2. The van der Waals surface area contributed by atoms with Crippen LogP contribution < -0.4 is 0 Å². The second kappa shape index (κ2) is 7.27. The Bertz CT molecular complexity index is 508. The van der Waals surface area contributed by atoms with E-state index in [0.29, 0.717) is 23.9 Å². The number of rotatable bonds is 7. The lowest BCUT2D eigenvalue weighted by atomic mass is 10.1. The molecule has 0 saturated carbocycles. The topological polar surface area (TPSA) is 37.4 Å². The highest BCUT2D eigenvalue weighted by atomic mass is 35.5. The molecule has 0 heterocycles. The van der Waals surface area contributed by atoms with Gasteiger partial charge >= 0.3 is 0 Å². The van der Waals surface area contributed by atoms with Crippen molar-refractivity contribution in [2.75, 3.05) is 13.1 Å². The van der Waals surface area contributed by atoms with Gasteiger partial charge in [0.05, 0.1) is 4.90 Å². The Kier molecular flexibility index (Phi) is 6.30. The van der Waals surface area contributed by atoms with Gasteiger partial charge in [-0.2, -0.15) is 4.31 Å². The SMILES string of the molecule is CCCN(CCC)S(=O)(=O)c1cccc(CCl)c1C. The van der Waals surface area contributed by atoms with Crippen molar-refractivity contribution in [1.82, 2.24) is 4.31 Å². The Hall–Kier alpha value is -0.580. The van der Waals surface area contributed by atoms with Crippen molar-refractivity contribution in [2.45, 2.75) is 44.4 Å². The molecule has 19 heavy (non-hydrogen) atoms. The molecular formula is C14H22ClNO2S. The highest BCUT2D eigenvalue weighted by Gasteiger charge is 2.25. The number of sulfonamides is 1. The average Bonchev–Trinajstić information content (AvgIpc) is 2.38. The van der Waals surface area contributed by atoms with Crippen molar-refractivity contribution < 1.29 is 8.42 Å². The molecule has 1 aromatic carbocycles. The molecule has 0 bridgehead atoms. The van der Waals surface area contributed by atoms with Gasteiger partial charge in [-0.3, -0.25) is 0 Å². The first kappa shape index (κ1) is 16.5. The van der Waals surface area contributed by atoms with Crippen LogP contribution in [0.2, 0.25) is 0 Å². The molecule has 1 rings (SSSR count). The van der Waals surface area contributed by atoms with Gasteiger partial charge < -0.3 is 0 Å². The third-order valence-corrected chi connectivity index (χ3v) is 5.44. The summed E-state index contributed by atoms with van der Waals surface area (Å²) in [7, 11) is -3.41. The number of nitrogens with zero attached hydrogens (tertiary/aromatic N) is 1. The molecule has 0 radical (unpaired) electrons. The zero-order valence-electron chi connectivity index (χ0n) is 11.8. The van der Waals surface area contributed by atoms with Crippen LogP contribution in [0.25, 0.3) is 0 Å². The Morgan fingerprint density at radius 3 is 2.21 bits per heavy atom. The van der Waals surface area contributed by atoms with E-state index in [-0.39, 0.29) is 0 Å². The van der Waals surface area contributed by atoms with Gasteiger partial charge in [-0.05, 0) is 37.0 Å². The Labute approximate surface area is 121 Å². The molecule has 5 heteroatoms. The maximum absolute atomic E-state index is 12.7. The normalized spacial score (nSPS) is 12.1. The third kappa shape index (κ3) is 3.71. The maximum Gasteiger partial charge on any atom is 0.243 e. The van der Waals surface area contributed by atoms with E-state index in [9.17, 15) is 8.42 Å². The Balaban J connectivity index is 3.25. The van der Waals surface area contributed by atoms with Gasteiger partial charge in [0, 0.05) is 19.0 Å². The van der Waals surface area contributed by atoms with Gasteiger partial charge in [0.2, 0.25) is 10.0 Å². The van der Waals surface area contributed by atoms with E-state index in [4.69, 9.17) is 11.6 Å².